The van der Waals surface area contributed by atoms with Crippen molar-refractivity contribution in [1.29, 1.82) is 0 Å². The van der Waals surface area contributed by atoms with Crippen molar-refractivity contribution in [1.82, 2.24) is 12.3 Å². The Kier molecular flexibility index (Phi) is 19000. The van der Waals surface area contributed by atoms with Gasteiger partial charge in [0.2, 0.25) is 0 Å². The molecule has 0 bridgehead atoms. The third kappa shape index (κ3) is 679. The smallest absolute Gasteiger partial charge is 0.153 e. The maximum Gasteiger partial charge on any atom is -0.153 e. The minimum Gasteiger partial charge on any atom is -1.00 e. The van der Waals surface area contributed by atoms with E-state index >= 15 is 0 Å². The van der Waals surface area contributed by atoms with E-state index in [0.29, 0.717) is 0 Å². The van der Waals surface area contributed by atoms with Gasteiger partial charge in [-0.1, -0.05) is 0 Å². The van der Waals surface area contributed by atoms with Crippen molar-refractivity contribution in [3.63, 3.8) is 0 Å². The van der Waals surface area contributed by atoms with Gasteiger partial charge >= 0.3 is 0 Å². The zero-order chi connectivity index (χ0) is 2.00. The fraction of sp³-hybridized carbons (Fsp3) is 1.00. The second-order valence-corrected chi connectivity index (χ2v) is 0. The highest BCUT2D eigenvalue weighted by atomic mass is 35.5. The van der Waals surface area contributed by atoms with Gasteiger partial charge in [-0.3, -0.25) is 0 Å². The van der Waals surface area contributed by atoms with Crippen LogP contribution in [0, 0.1) is 0 Å². The van der Waals surface area contributed by atoms with Crippen molar-refractivity contribution in [3.05, 3.63) is 0 Å². The molecule has 0 aromatic rings. The number of halogens is 1. The van der Waals surface area contributed by atoms with Crippen LogP contribution in [0.5, 0.6) is 0 Å². The first-order valence-corrected chi connectivity index (χ1v) is 0.408. The molecule has 0 amide bonds. The van der Waals surface area contributed by atoms with E-state index < -0.39 is 0 Å². The van der Waals surface area contributed by atoms with Crippen molar-refractivity contribution < 1.29 is 17.5 Å². The molecule has 0 atom stereocenters. The molecular weight excluding hydrogens is 91.5 g/mol. The van der Waals surface area contributed by atoms with Gasteiger partial charge in [0, 0.05) is 0 Å². The zero-order valence-corrected chi connectivity index (χ0v) is 4.54. The van der Waals surface area contributed by atoms with Crippen LogP contribution in [-0.4, -0.2) is 7.11 Å². The first-order valence-electron chi connectivity index (χ1n) is 0.408. The lowest BCUT2D eigenvalue weighted by atomic mass is 11.8. The third-order valence-electron chi connectivity index (χ3n) is 0. The van der Waals surface area contributed by atoms with Crippen LogP contribution >= 0.6 is 0 Å². The van der Waals surface area contributed by atoms with Gasteiger partial charge < -0.3 is 29.8 Å². The molecule has 0 rings (SSSR count). The van der Waals surface area contributed by atoms with Crippen LogP contribution in [0.1, 0.15) is 0 Å². The van der Waals surface area contributed by atoms with Crippen LogP contribution in [0.15, 0.2) is 0 Å². The summed E-state index contributed by atoms with van der Waals surface area (Å²) in [4.78, 5) is 0. The SMILES string of the molecule is C[O-].[Cl-].[NH4+].[NH4+]. The molecule has 0 aromatic carbocycles. The van der Waals surface area contributed by atoms with Crippen LogP contribution < -0.4 is 29.8 Å². The van der Waals surface area contributed by atoms with Gasteiger partial charge in [0.05, 0.1) is 0 Å². The highest BCUT2D eigenvalue weighted by Gasteiger charge is 0.555. The van der Waals surface area contributed by atoms with Gasteiger partial charge in [-0.05, 0) is 0 Å². The van der Waals surface area contributed by atoms with Crippen molar-refractivity contribution in [2.45, 2.75) is 0 Å². The van der Waals surface area contributed by atoms with Crippen LogP contribution in [0.25, 0.3) is 0 Å². The van der Waals surface area contributed by atoms with Gasteiger partial charge in [-0.15, -0.1) is 0 Å². The lowest BCUT2D eigenvalue weighted by Crippen LogP contribution is -3.00. The molecule has 8 N–H and O–H groups in total. The Hall–Kier alpha value is 0.170. The Morgan fingerprint density at radius 3 is 1.00 bits per heavy atom. The van der Waals surface area contributed by atoms with Crippen molar-refractivity contribution >= 4 is 0 Å². The van der Waals surface area contributed by atoms with Gasteiger partial charge in [0.1, 0.15) is 0 Å². The van der Waals surface area contributed by atoms with E-state index in [1.807, 2.05) is 0 Å². The second kappa shape index (κ2) is 1450. The Labute approximate surface area is 38.0 Å². The predicted octanol–water partition coefficient (Wildman–Crippen LogP) is -3.27. The summed E-state index contributed by atoms with van der Waals surface area (Å²) in [5.41, 5.74) is 0. The zero-order valence-electron chi connectivity index (χ0n) is 3.79. The molecule has 0 spiro atoms. The lowest BCUT2D eigenvalue weighted by Gasteiger charge is -1.57. The Balaban J connectivity index is -0.00000000167. The van der Waals surface area contributed by atoms with E-state index in [1.165, 1.54) is 0 Å². The molecule has 0 radical (unpaired) electrons. The molecule has 0 unspecified atom stereocenters. The first-order chi connectivity index (χ1) is 1.00. The molecule has 0 aliphatic heterocycles. The average molecular weight is 103 g/mol. The quantitative estimate of drug-likeness (QED) is 0.330. The fourth-order valence-corrected chi connectivity index (χ4v) is 0. The van der Waals surface area contributed by atoms with Gasteiger partial charge in [-0.2, -0.15) is 7.11 Å². The standard InChI is InChI=1S/CH3O.ClH.2H3N/c1-2;;;/h1H3;1H;2*1H3/q-1;;;/p+1. The Morgan fingerprint density at radius 1 is 1.00 bits per heavy atom. The van der Waals surface area contributed by atoms with E-state index in [1.54, 1.807) is 0 Å². The molecular formula is CH11ClN2O. The van der Waals surface area contributed by atoms with Crippen molar-refractivity contribution in [2.75, 3.05) is 7.11 Å². The molecule has 0 aromatic heterocycles. The summed E-state index contributed by atoms with van der Waals surface area (Å²) in [6.45, 7) is 0. The molecule has 0 aliphatic carbocycles. The molecule has 0 heterocycles. The van der Waals surface area contributed by atoms with Crippen LogP contribution in [-0.2, 0) is 0 Å². The summed E-state index contributed by atoms with van der Waals surface area (Å²) in [5, 5.41) is 8.25. The normalized spacial score (nSPS) is 1.20. The molecule has 3 nitrogen and oxygen atoms in total. The number of hydrogen-bond acceptors (Lipinski definition) is 1. The molecule has 4 heteroatoms. The highest BCUT2D eigenvalue weighted by Crippen LogP contribution is 0.419. The Morgan fingerprint density at radius 2 is 1.00 bits per heavy atom. The summed E-state index contributed by atoms with van der Waals surface area (Å²) in [6, 6.07) is 0. The molecule has 5 heavy (non-hydrogen) atoms. The van der Waals surface area contributed by atoms with Gasteiger partial charge in [-0.25, -0.2) is 0 Å². The van der Waals surface area contributed by atoms with E-state index in [0.717, 1.165) is 7.11 Å². The van der Waals surface area contributed by atoms with Crippen molar-refractivity contribution in [3.8, 4) is 0 Å². The molecule has 38 valence electrons. The maximum atomic E-state index is 8.25. The third-order valence-corrected chi connectivity index (χ3v) is 0. The van der Waals surface area contributed by atoms with E-state index in [9.17, 15) is 0 Å². The van der Waals surface area contributed by atoms with Crippen LogP contribution in [0.2, 0.25) is 0 Å². The maximum absolute atomic E-state index is 8.25. The summed E-state index contributed by atoms with van der Waals surface area (Å²) in [7, 11) is 0.750. The summed E-state index contributed by atoms with van der Waals surface area (Å²) in [5.74, 6) is 0. The number of quaternary nitrogens is 2. The van der Waals surface area contributed by atoms with E-state index in [2.05, 4.69) is 0 Å². The number of rotatable bonds is 0. The molecule has 0 saturated carbocycles. The molecule has 0 saturated heterocycles. The van der Waals surface area contributed by atoms with Gasteiger partial charge in [0.25, 0.3) is 0 Å². The van der Waals surface area contributed by atoms with Crippen LogP contribution in [0.4, 0.5) is 0 Å². The number of hydrogen-bond donors (Lipinski definition) is 2. The predicted molar refractivity (Wildman–Crippen MR) is 17.9 cm³/mol. The van der Waals surface area contributed by atoms with Crippen LogP contribution in [0.3, 0.4) is 0 Å². The minimum atomic E-state index is 0. The van der Waals surface area contributed by atoms with E-state index in [-0.39, 0.29) is 24.7 Å². The first kappa shape index (κ1) is 65.7. The summed E-state index contributed by atoms with van der Waals surface area (Å²) < 4.78 is 0. The van der Waals surface area contributed by atoms with Gasteiger partial charge in [0.15, 0.2) is 0 Å². The fourth-order valence-electron chi connectivity index (χ4n) is 0. The summed E-state index contributed by atoms with van der Waals surface area (Å²) >= 11 is 0. The lowest BCUT2D eigenvalue weighted by molar-refractivity contribution is -0.325. The largest absolute Gasteiger partial charge is 1.00 e. The monoisotopic (exact) mass is 102 g/mol. The highest BCUT2D eigenvalue weighted by molar-refractivity contribution is 3.08. The molecule has 0 aliphatic rings. The topological polar surface area (TPSA) is 96.1 Å². The molecule has 0 fully saturated rings. The second-order valence-electron chi connectivity index (χ2n) is 0. The summed E-state index contributed by atoms with van der Waals surface area (Å²) in [6.07, 6.45) is 0. The van der Waals surface area contributed by atoms with E-state index in [4.69, 9.17) is 5.11 Å². The minimum absolute atomic E-state index is 0. The average Bonchev–Trinajstić information content (AvgIpc) is 1.00. The Bertz CT molecular complexity index is 9.61. The van der Waals surface area contributed by atoms with Crippen molar-refractivity contribution in [2.24, 2.45) is 0 Å².